The van der Waals surface area contributed by atoms with Crippen LogP contribution in [-0.2, 0) is 16.1 Å². The highest BCUT2D eigenvalue weighted by atomic mass is 16.5. The van der Waals surface area contributed by atoms with E-state index in [0.29, 0.717) is 13.1 Å². The minimum Gasteiger partial charge on any atom is -0.445 e. The van der Waals surface area contributed by atoms with Crippen LogP contribution in [0, 0.1) is 18.3 Å². The SMILES string of the molecule is C#CC1CCN(C(=O)CNC(=O)OCc2ccccc2)CC1. The first-order valence-electron chi connectivity index (χ1n) is 7.37. The Balaban J connectivity index is 1.66. The zero-order valence-electron chi connectivity index (χ0n) is 12.5. The normalized spacial score (nSPS) is 15.0. The van der Waals surface area contributed by atoms with Gasteiger partial charge in [0.15, 0.2) is 0 Å². The van der Waals surface area contributed by atoms with E-state index >= 15 is 0 Å². The smallest absolute Gasteiger partial charge is 0.407 e. The Kier molecular flexibility index (Phi) is 5.84. The number of hydrogen-bond acceptors (Lipinski definition) is 3. The third kappa shape index (κ3) is 4.81. The molecule has 1 saturated heterocycles. The number of nitrogens with one attached hydrogen (secondary N) is 1. The zero-order chi connectivity index (χ0) is 15.8. The van der Waals surface area contributed by atoms with Crippen LogP contribution in [0.4, 0.5) is 4.79 Å². The van der Waals surface area contributed by atoms with Crippen molar-refractivity contribution in [2.24, 2.45) is 5.92 Å². The Morgan fingerprint density at radius 2 is 1.95 bits per heavy atom. The van der Waals surface area contributed by atoms with Crippen molar-refractivity contribution in [2.75, 3.05) is 19.6 Å². The summed E-state index contributed by atoms with van der Waals surface area (Å²) < 4.78 is 5.05. The van der Waals surface area contributed by atoms with E-state index in [0.717, 1.165) is 18.4 Å². The van der Waals surface area contributed by atoms with Crippen LogP contribution in [0.2, 0.25) is 0 Å². The summed E-state index contributed by atoms with van der Waals surface area (Å²) in [6.45, 7) is 1.44. The lowest BCUT2D eigenvalue weighted by molar-refractivity contribution is -0.131. The summed E-state index contributed by atoms with van der Waals surface area (Å²) >= 11 is 0. The standard InChI is InChI=1S/C17H20N2O3/c1-2-14-8-10-19(11-9-14)16(20)12-18-17(21)22-13-15-6-4-3-5-7-15/h1,3-7,14H,8-13H2,(H,18,21). The van der Waals surface area contributed by atoms with Crippen molar-refractivity contribution < 1.29 is 14.3 Å². The predicted octanol–water partition coefficient (Wildman–Crippen LogP) is 1.78. The molecule has 1 aromatic carbocycles. The van der Waals surface area contributed by atoms with Gasteiger partial charge in [0.2, 0.25) is 5.91 Å². The fraction of sp³-hybridized carbons (Fsp3) is 0.412. The highest BCUT2D eigenvalue weighted by molar-refractivity contribution is 5.82. The lowest BCUT2D eigenvalue weighted by atomic mass is 9.98. The molecule has 0 aromatic heterocycles. The maximum Gasteiger partial charge on any atom is 0.407 e. The van der Waals surface area contributed by atoms with Crippen molar-refractivity contribution in [3.8, 4) is 12.3 Å². The Morgan fingerprint density at radius 3 is 2.59 bits per heavy atom. The molecule has 0 aliphatic carbocycles. The number of benzene rings is 1. The van der Waals surface area contributed by atoms with Gasteiger partial charge in [0.25, 0.3) is 0 Å². The number of amides is 2. The molecule has 5 nitrogen and oxygen atoms in total. The quantitative estimate of drug-likeness (QED) is 0.862. The first-order chi connectivity index (χ1) is 10.7. The van der Waals surface area contributed by atoms with Crippen LogP contribution in [-0.4, -0.2) is 36.5 Å². The van der Waals surface area contributed by atoms with Crippen LogP contribution in [0.25, 0.3) is 0 Å². The van der Waals surface area contributed by atoms with Crippen molar-refractivity contribution in [1.29, 1.82) is 0 Å². The van der Waals surface area contributed by atoms with Gasteiger partial charge in [-0.1, -0.05) is 30.3 Å². The van der Waals surface area contributed by atoms with Gasteiger partial charge in [-0.25, -0.2) is 4.79 Å². The number of rotatable bonds is 4. The van der Waals surface area contributed by atoms with Gasteiger partial charge in [0.05, 0.1) is 0 Å². The summed E-state index contributed by atoms with van der Waals surface area (Å²) in [5.74, 6) is 2.87. The number of ether oxygens (including phenoxy) is 1. The van der Waals surface area contributed by atoms with Crippen LogP contribution in [0.3, 0.4) is 0 Å². The minimum absolute atomic E-state index is 0.0473. The number of alkyl carbamates (subject to hydrolysis) is 1. The zero-order valence-corrected chi connectivity index (χ0v) is 12.5. The third-order valence-corrected chi connectivity index (χ3v) is 3.68. The number of hydrogen-bond donors (Lipinski definition) is 1. The van der Waals surface area contributed by atoms with E-state index in [4.69, 9.17) is 11.2 Å². The van der Waals surface area contributed by atoms with Crippen molar-refractivity contribution in [3.63, 3.8) is 0 Å². The van der Waals surface area contributed by atoms with Gasteiger partial charge in [-0.3, -0.25) is 4.79 Å². The van der Waals surface area contributed by atoms with Gasteiger partial charge in [-0.2, -0.15) is 0 Å². The molecule has 116 valence electrons. The van der Waals surface area contributed by atoms with Crippen molar-refractivity contribution >= 4 is 12.0 Å². The Hall–Kier alpha value is -2.48. The summed E-state index contributed by atoms with van der Waals surface area (Å²) in [7, 11) is 0. The molecule has 2 rings (SSSR count). The van der Waals surface area contributed by atoms with Crippen LogP contribution >= 0.6 is 0 Å². The number of carbonyl (C=O) groups excluding carboxylic acids is 2. The van der Waals surface area contributed by atoms with Crippen molar-refractivity contribution in [2.45, 2.75) is 19.4 Å². The van der Waals surface area contributed by atoms with E-state index in [-0.39, 0.29) is 25.0 Å². The summed E-state index contributed by atoms with van der Waals surface area (Å²) in [4.78, 5) is 25.3. The van der Waals surface area contributed by atoms with Gasteiger partial charge in [-0.05, 0) is 18.4 Å². The molecular weight excluding hydrogens is 280 g/mol. The highest BCUT2D eigenvalue weighted by Gasteiger charge is 2.21. The molecule has 0 saturated carbocycles. The number of likely N-dealkylation sites (tertiary alicyclic amines) is 1. The second kappa shape index (κ2) is 8.08. The average molecular weight is 300 g/mol. The summed E-state index contributed by atoms with van der Waals surface area (Å²) in [6.07, 6.45) is 6.43. The third-order valence-electron chi connectivity index (χ3n) is 3.68. The molecule has 1 heterocycles. The predicted molar refractivity (Wildman–Crippen MR) is 82.8 cm³/mol. The molecule has 1 N–H and O–H groups in total. The maximum atomic E-state index is 12.0. The number of carbonyl (C=O) groups is 2. The Labute approximate surface area is 130 Å². The lowest BCUT2D eigenvalue weighted by Crippen LogP contribution is -2.44. The van der Waals surface area contributed by atoms with Gasteiger partial charge < -0.3 is 15.0 Å². The van der Waals surface area contributed by atoms with E-state index in [2.05, 4.69) is 11.2 Å². The topological polar surface area (TPSA) is 58.6 Å². The van der Waals surface area contributed by atoms with Crippen LogP contribution in [0.1, 0.15) is 18.4 Å². The van der Waals surface area contributed by atoms with Crippen molar-refractivity contribution in [3.05, 3.63) is 35.9 Å². The van der Waals surface area contributed by atoms with Gasteiger partial charge in [0.1, 0.15) is 13.2 Å². The Morgan fingerprint density at radius 1 is 1.27 bits per heavy atom. The molecule has 2 amide bonds. The van der Waals surface area contributed by atoms with E-state index < -0.39 is 6.09 Å². The Bertz CT molecular complexity index is 543. The first kappa shape index (κ1) is 15.9. The van der Waals surface area contributed by atoms with Gasteiger partial charge in [0, 0.05) is 19.0 Å². The lowest BCUT2D eigenvalue weighted by Gasteiger charge is -2.29. The fourth-order valence-corrected chi connectivity index (χ4v) is 2.33. The van der Waals surface area contributed by atoms with E-state index in [1.165, 1.54) is 0 Å². The fourth-order valence-electron chi connectivity index (χ4n) is 2.33. The molecule has 1 aliphatic heterocycles. The molecule has 22 heavy (non-hydrogen) atoms. The highest BCUT2D eigenvalue weighted by Crippen LogP contribution is 2.15. The molecule has 1 aromatic rings. The van der Waals surface area contributed by atoms with E-state index in [1.807, 2.05) is 30.3 Å². The van der Waals surface area contributed by atoms with Crippen LogP contribution in [0.5, 0.6) is 0 Å². The van der Waals surface area contributed by atoms with Gasteiger partial charge >= 0.3 is 6.09 Å². The number of piperidine rings is 1. The molecule has 1 fully saturated rings. The molecule has 0 atom stereocenters. The average Bonchev–Trinajstić information content (AvgIpc) is 2.58. The monoisotopic (exact) mass is 300 g/mol. The minimum atomic E-state index is -0.587. The molecule has 0 spiro atoms. The van der Waals surface area contributed by atoms with Gasteiger partial charge in [-0.15, -0.1) is 12.3 Å². The second-order valence-electron chi connectivity index (χ2n) is 5.24. The molecule has 0 bridgehead atoms. The van der Waals surface area contributed by atoms with Crippen LogP contribution < -0.4 is 5.32 Å². The summed E-state index contributed by atoms with van der Waals surface area (Å²) in [6, 6.07) is 9.38. The molecule has 0 unspecified atom stereocenters. The first-order valence-corrected chi connectivity index (χ1v) is 7.37. The maximum absolute atomic E-state index is 12.0. The van der Waals surface area contributed by atoms with Crippen LogP contribution in [0.15, 0.2) is 30.3 Å². The molecule has 5 heteroatoms. The van der Waals surface area contributed by atoms with E-state index in [9.17, 15) is 9.59 Å². The molecule has 0 radical (unpaired) electrons. The molecule has 1 aliphatic rings. The number of terminal acetylenes is 1. The second-order valence-corrected chi connectivity index (χ2v) is 5.24. The largest absolute Gasteiger partial charge is 0.445 e. The summed E-state index contributed by atoms with van der Waals surface area (Å²) in [5, 5.41) is 2.48. The van der Waals surface area contributed by atoms with Crippen molar-refractivity contribution in [1.82, 2.24) is 10.2 Å². The van der Waals surface area contributed by atoms with E-state index in [1.54, 1.807) is 4.90 Å². The number of nitrogens with zero attached hydrogens (tertiary/aromatic N) is 1. The molecular formula is C17H20N2O3. The summed E-state index contributed by atoms with van der Waals surface area (Å²) in [5.41, 5.74) is 0.903.